The monoisotopic (exact) mass is 303 g/mol. The normalized spacial score (nSPS) is 10.4. The second-order valence-corrected chi connectivity index (χ2v) is 5.82. The quantitative estimate of drug-likeness (QED) is 0.514. The van der Waals surface area contributed by atoms with Crippen LogP contribution in [0.25, 0.3) is 0 Å². The van der Waals surface area contributed by atoms with Gasteiger partial charge in [0, 0.05) is 6.07 Å². The molecule has 0 aromatic heterocycles. The van der Waals surface area contributed by atoms with Gasteiger partial charge >= 0.3 is 0 Å². The third-order valence-electron chi connectivity index (χ3n) is 3.86. The van der Waals surface area contributed by atoms with Crippen molar-refractivity contribution in [2.24, 2.45) is 0 Å². The number of nitriles is 1. The van der Waals surface area contributed by atoms with Crippen LogP contribution in [0.1, 0.15) is 76.7 Å². The predicted molar refractivity (Wildman–Crippen MR) is 90.2 cm³/mol. The summed E-state index contributed by atoms with van der Waals surface area (Å²) in [5.74, 6) is 0.666. The summed E-state index contributed by atoms with van der Waals surface area (Å²) in [4.78, 5) is 0. The number of aromatic hydroxyl groups is 1. The molecule has 22 heavy (non-hydrogen) atoms. The van der Waals surface area contributed by atoms with Crippen LogP contribution in [0.5, 0.6) is 11.5 Å². The Labute approximate surface area is 134 Å². The van der Waals surface area contributed by atoms with Crippen LogP contribution in [0.2, 0.25) is 0 Å². The number of hydrogen-bond donors (Lipinski definition) is 1. The van der Waals surface area contributed by atoms with Crippen molar-refractivity contribution in [2.75, 3.05) is 6.61 Å². The van der Waals surface area contributed by atoms with Gasteiger partial charge < -0.3 is 9.84 Å². The lowest BCUT2D eigenvalue weighted by molar-refractivity contribution is 0.303. The highest BCUT2D eigenvalue weighted by molar-refractivity contribution is 5.46. The number of phenols is 1. The number of nitrogens with zero attached hydrogens (tertiary/aromatic N) is 1. The van der Waals surface area contributed by atoms with Crippen LogP contribution in [0.3, 0.4) is 0 Å². The zero-order valence-electron chi connectivity index (χ0n) is 13.8. The molecule has 1 aromatic carbocycles. The van der Waals surface area contributed by atoms with Crippen molar-refractivity contribution in [3.63, 3.8) is 0 Å². The lowest BCUT2D eigenvalue weighted by Gasteiger charge is -2.07. The van der Waals surface area contributed by atoms with Crippen LogP contribution >= 0.6 is 0 Å². The van der Waals surface area contributed by atoms with E-state index in [1.54, 1.807) is 12.1 Å². The Bertz CT molecular complexity index is 451. The van der Waals surface area contributed by atoms with E-state index in [-0.39, 0.29) is 11.3 Å². The Kier molecular flexibility index (Phi) is 9.94. The Hall–Kier alpha value is -1.69. The molecular formula is C19H29NO2. The first-order chi connectivity index (χ1) is 10.8. The molecule has 122 valence electrons. The first-order valence-electron chi connectivity index (χ1n) is 8.64. The van der Waals surface area contributed by atoms with Gasteiger partial charge in [0.05, 0.1) is 12.2 Å². The summed E-state index contributed by atoms with van der Waals surface area (Å²) in [7, 11) is 0. The van der Waals surface area contributed by atoms with Crippen molar-refractivity contribution < 1.29 is 9.84 Å². The fourth-order valence-electron chi connectivity index (χ4n) is 2.47. The summed E-state index contributed by atoms with van der Waals surface area (Å²) in [5, 5.41) is 18.3. The predicted octanol–water partition coefficient (Wildman–Crippen LogP) is 5.56. The third-order valence-corrected chi connectivity index (χ3v) is 3.86. The minimum atomic E-state index is 0.00814. The molecule has 0 atom stereocenters. The molecule has 1 N–H and O–H groups in total. The van der Waals surface area contributed by atoms with Crippen molar-refractivity contribution in [1.29, 1.82) is 5.26 Å². The topological polar surface area (TPSA) is 53.2 Å². The molecule has 0 saturated carbocycles. The van der Waals surface area contributed by atoms with Crippen molar-refractivity contribution in [3.05, 3.63) is 23.8 Å². The van der Waals surface area contributed by atoms with Crippen molar-refractivity contribution >= 4 is 0 Å². The highest BCUT2D eigenvalue weighted by atomic mass is 16.5. The lowest BCUT2D eigenvalue weighted by Crippen LogP contribution is -1.97. The van der Waals surface area contributed by atoms with E-state index in [9.17, 15) is 5.11 Å². The average Bonchev–Trinajstić information content (AvgIpc) is 2.54. The van der Waals surface area contributed by atoms with E-state index in [4.69, 9.17) is 10.00 Å². The van der Waals surface area contributed by atoms with Gasteiger partial charge in [0.15, 0.2) is 0 Å². The molecule has 0 saturated heterocycles. The zero-order chi connectivity index (χ0) is 16.0. The van der Waals surface area contributed by atoms with Gasteiger partial charge in [-0.1, -0.05) is 64.7 Å². The summed E-state index contributed by atoms with van der Waals surface area (Å²) >= 11 is 0. The maximum Gasteiger partial charge on any atom is 0.133 e. The smallest absolute Gasteiger partial charge is 0.133 e. The molecule has 1 aromatic rings. The first kappa shape index (κ1) is 18.4. The first-order valence-corrected chi connectivity index (χ1v) is 8.64. The van der Waals surface area contributed by atoms with Crippen molar-refractivity contribution in [2.45, 2.75) is 71.1 Å². The molecule has 0 aliphatic heterocycles. The summed E-state index contributed by atoms with van der Waals surface area (Å²) < 4.78 is 5.61. The van der Waals surface area contributed by atoms with Gasteiger partial charge in [-0.2, -0.15) is 5.26 Å². The number of benzene rings is 1. The molecule has 0 radical (unpaired) electrons. The number of unbranched alkanes of at least 4 members (excludes halogenated alkanes) is 9. The van der Waals surface area contributed by atoms with Crippen LogP contribution in [-0.4, -0.2) is 11.7 Å². The van der Waals surface area contributed by atoms with E-state index in [1.165, 1.54) is 63.9 Å². The number of rotatable bonds is 12. The number of phenolic OH excluding ortho intramolecular Hbond substituents is 1. The summed E-state index contributed by atoms with van der Waals surface area (Å²) in [6.45, 7) is 2.92. The van der Waals surface area contributed by atoms with E-state index in [0.717, 1.165) is 6.42 Å². The van der Waals surface area contributed by atoms with Gasteiger partial charge in [-0.3, -0.25) is 0 Å². The second-order valence-electron chi connectivity index (χ2n) is 5.82. The van der Waals surface area contributed by atoms with Crippen molar-refractivity contribution in [1.82, 2.24) is 0 Å². The maximum atomic E-state index is 9.42. The second kappa shape index (κ2) is 11.9. The van der Waals surface area contributed by atoms with Gasteiger partial charge in [0.25, 0.3) is 0 Å². The lowest BCUT2D eigenvalue weighted by atomic mass is 10.1. The van der Waals surface area contributed by atoms with E-state index in [1.807, 2.05) is 6.07 Å². The fourth-order valence-corrected chi connectivity index (χ4v) is 2.47. The standard InChI is InChI=1S/C19H29NO2/c1-2-3-4-5-6-7-8-9-10-11-14-22-18-12-13-19(21)17(15-18)16-20/h12-13,15,21H,2-11,14H2,1H3. The fraction of sp³-hybridized carbons (Fsp3) is 0.632. The van der Waals surface area contributed by atoms with Gasteiger partial charge in [0.1, 0.15) is 17.6 Å². The Morgan fingerprint density at radius 3 is 2.14 bits per heavy atom. The van der Waals surface area contributed by atoms with E-state index in [0.29, 0.717) is 12.4 Å². The van der Waals surface area contributed by atoms with E-state index < -0.39 is 0 Å². The van der Waals surface area contributed by atoms with Crippen LogP contribution in [0, 0.1) is 11.3 Å². The SMILES string of the molecule is CCCCCCCCCCCCOc1ccc(O)c(C#N)c1. The Morgan fingerprint density at radius 2 is 1.55 bits per heavy atom. The molecule has 0 heterocycles. The van der Waals surface area contributed by atoms with E-state index >= 15 is 0 Å². The van der Waals surface area contributed by atoms with Crippen LogP contribution < -0.4 is 4.74 Å². The molecule has 0 bridgehead atoms. The molecule has 0 amide bonds. The van der Waals surface area contributed by atoms with Gasteiger partial charge in [-0.25, -0.2) is 0 Å². The van der Waals surface area contributed by atoms with E-state index in [2.05, 4.69) is 6.92 Å². The number of ether oxygens (including phenoxy) is 1. The zero-order valence-corrected chi connectivity index (χ0v) is 13.8. The minimum absolute atomic E-state index is 0.00814. The molecule has 3 heteroatoms. The molecule has 0 aliphatic carbocycles. The van der Waals surface area contributed by atoms with Crippen LogP contribution in [0.15, 0.2) is 18.2 Å². The largest absolute Gasteiger partial charge is 0.507 e. The third kappa shape index (κ3) is 7.93. The van der Waals surface area contributed by atoms with Gasteiger partial charge in [-0.15, -0.1) is 0 Å². The summed E-state index contributed by atoms with van der Waals surface area (Å²) in [5.41, 5.74) is 0.264. The van der Waals surface area contributed by atoms with Gasteiger partial charge in [-0.05, 0) is 18.6 Å². The Morgan fingerprint density at radius 1 is 0.955 bits per heavy atom. The van der Waals surface area contributed by atoms with Gasteiger partial charge in [0.2, 0.25) is 0 Å². The molecule has 0 unspecified atom stereocenters. The summed E-state index contributed by atoms with van der Waals surface area (Å²) in [6.07, 6.45) is 13.0. The maximum absolute atomic E-state index is 9.42. The van der Waals surface area contributed by atoms with Crippen LogP contribution in [-0.2, 0) is 0 Å². The molecule has 0 aliphatic rings. The number of hydrogen-bond acceptors (Lipinski definition) is 3. The summed E-state index contributed by atoms with van der Waals surface area (Å²) in [6, 6.07) is 6.74. The Balaban J connectivity index is 1.99. The molecule has 0 spiro atoms. The highest BCUT2D eigenvalue weighted by Gasteiger charge is 2.02. The molecule has 0 fully saturated rings. The highest BCUT2D eigenvalue weighted by Crippen LogP contribution is 2.22. The molecule has 1 rings (SSSR count). The van der Waals surface area contributed by atoms with Crippen molar-refractivity contribution in [3.8, 4) is 17.6 Å². The van der Waals surface area contributed by atoms with Crippen LogP contribution in [0.4, 0.5) is 0 Å². The molecule has 3 nitrogen and oxygen atoms in total. The minimum Gasteiger partial charge on any atom is -0.507 e. The molecular weight excluding hydrogens is 274 g/mol. The average molecular weight is 303 g/mol.